The second kappa shape index (κ2) is 3.97. The summed E-state index contributed by atoms with van der Waals surface area (Å²) in [5.74, 6) is -1.05. The molecule has 5 nitrogen and oxygen atoms in total. The van der Waals surface area contributed by atoms with E-state index in [-0.39, 0.29) is 6.42 Å². The Kier molecular flexibility index (Phi) is 2.93. The summed E-state index contributed by atoms with van der Waals surface area (Å²) in [7, 11) is 0. The fraction of sp³-hybridized carbons (Fsp3) is 0.222. The highest BCUT2D eigenvalue weighted by Gasteiger charge is 2.14. The van der Waals surface area contributed by atoms with Crippen LogP contribution >= 0.6 is 0 Å². The summed E-state index contributed by atoms with van der Waals surface area (Å²) in [4.78, 5) is 10.5. The van der Waals surface area contributed by atoms with Gasteiger partial charge in [0, 0.05) is 6.42 Å². The molecule has 7 N–H and O–H groups in total. The number of carboxylic acid groups (broad SMARTS) is 1. The van der Waals surface area contributed by atoms with Crippen molar-refractivity contribution in [3.63, 3.8) is 0 Å². The van der Waals surface area contributed by atoms with Crippen molar-refractivity contribution in [1.29, 1.82) is 0 Å². The van der Waals surface area contributed by atoms with Gasteiger partial charge in [0.15, 0.2) is 0 Å². The molecule has 0 aromatic heterocycles. The summed E-state index contributed by atoms with van der Waals surface area (Å²) in [6.07, 6.45) is 0.187. The first-order valence-electron chi connectivity index (χ1n) is 4.13. The molecule has 0 fully saturated rings. The first kappa shape index (κ1) is 10.3. The Hall–Kier alpha value is -1.75. The molecule has 1 unspecified atom stereocenters. The Morgan fingerprint density at radius 3 is 2.64 bits per heavy atom. The van der Waals surface area contributed by atoms with Crippen LogP contribution in [0.2, 0.25) is 0 Å². The summed E-state index contributed by atoms with van der Waals surface area (Å²) in [5, 5.41) is 8.61. The number of para-hydroxylation sites is 1. The standard InChI is InChI=1S/C9H13N3O2/c10-6-3-1-2-5(8(6)12)4-7(11)9(13)14/h1-3,7H,4,10-12H2,(H,13,14). The number of hydrogen-bond acceptors (Lipinski definition) is 4. The van der Waals surface area contributed by atoms with Crippen molar-refractivity contribution in [2.45, 2.75) is 12.5 Å². The summed E-state index contributed by atoms with van der Waals surface area (Å²) in [5.41, 5.74) is 18.1. The number of benzene rings is 1. The van der Waals surface area contributed by atoms with Crippen molar-refractivity contribution >= 4 is 17.3 Å². The van der Waals surface area contributed by atoms with Crippen molar-refractivity contribution in [3.8, 4) is 0 Å². The van der Waals surface area contributed by atoms with Gasteiger partial charge in [-0.1, -0.05) is 12.1 Å². The highest BCUT2D eigenvalue weighted by atomic mass is 16.4. The molecule has 76 valence electrons. The molecule has 5 heteroatoms. The fourth-order valence-corrected chi connectivity index (χ4v) is 1.14. The lowest BCUT2D eigenvalue weighted by Gasteiger charge is -2.10. The van der Waals surface area contributed by atoms with Crippen molar-refractivity contribution in [3.05, 3.63) is 23.8 Å². The van der Waals surface area contributed by atoms with E-state index in [1.807, 2.05) is 0 Å². The van der Waals surface area contributed by atoms with Crippen LogP contribution in [0.5, 0.6) is 0 Å². The molecule has 0 aliphatic carbocycles. The predicted molar refractivity (Wildman–Crippen MR) is 54.6 cm³/mol. The van der Waals surface area contributed by atoms with E-state index in [1.54, 1.807) is 18.2 Å². The Morgan fingerprint density at radius 2 is 2.07 bits per heavy atom. The van der Waals surface area contributed by atoms with Gasteiger partial charge in [-0.05, 0) is 11.6 Å². The zero-order chi connectivity index (χ0) is 10.7. The van der Waals surface area contributed by atoms with Gasteiger partial charge in [-0.2, -0.15) is 0 Å². The Labute approximate surface area is 81.5 Å². The van der Waals surface area contributed by atoms with E-state index in [0.29, 0.717) is 16.9 Å². The van der Waals surface area contributed by atoms with Crippen molar-refractivity contribution in [2.24, 2.45) is 5.73 Å². The second-order valence-corrected chi connectivity index (χ2v) is 3.07. The topological polar surface area (TPSA) is 115 Å². The van der Waals surface area contributed by atoms with Gasteiger partial charge in [0.1, 0.15) is 6.04 Å². The molecule has 0 aliphatic heterocycles. The van der Waals surface area contributed by atoms with Crippen molar-refractivity contribution < 1.29 is 9.90 Å². The van der Waals surface area contributed by atoms with E-state index >= 15 is 0 Å². The van der Waals surface area contributed by atoms with Gasteiger partial charge in [-0.3, -0.25) is 4.79 Å². The minimum Gasteiger partial charge on any atom is -0.480 e. The van der Waals surface area contributed by atoms with Crippen LogP contribution in [0.25, 0.3) is 0 Å². The molecule has 1 aromatic carbocycles. The van der Waals surface area contributed by atoms with Crippen LogP contribution in [0.4, 0.5) is 11.4 Å². The molecule has 0 bridgehead atoms. The molecule has 1 rings (SSSR count). The molecule has 14 heavy (non-hydrogen) atoms. The third-order valence-corrected chi connectivity index (χ3v) is 1.99. The number of anilines is 2. The smallest absolute Gasteiger partial charge is 0.320 e. The van der Waals surface area contributed by atoms with Gasteiger partial charge in [0.25, 0.3) is 0 Å². The average molecular weight is 195 g/mol. The first-order valence-corrected chi connectivity index (χ1v) is 4.13. The number of nitrogens with two attached hydrogens (primary N) is 3. The van der Waals surface area contributed by atoms with E-state index in [2.05, 4.69) is 0 Å². The number of hydrogen-bond donors (Lipinski definition) is 4. The van der Waals surface area contributed by atoms with Gasteiger partial charge < -0.3 is 22.3 Å². The largest absolute Gasteiger partial charge is 0.480 e. The Balaban J connectivity index is 2.87. The summed E-state index contributed by atoms with van der Waals surface area (Å²) < 4.78 is 0. The highest BCUT2D eigenvalue weighted by molar-refractivity contribution is 5.75. The van der Waals surface area contributed by atoms with Crippen LogP contribution in [-0.2, 0) is 11.2 Å². The molecule has 1 aromatic rings. The number of carboxylic acids is 1. The lowest BCUT2D eigenvalue weighted by atomic mass is 10.0. The van der Waals surface area contributed by atoms with Crippen LogP contribution in [0.1, 0.15) is 5.56 Å². The monoisotopic (exact) mass is 195 g/mol. The molecule has 0 radical (unpaired) electrons. The van der Waals surface area contributed by atoms with E-state index in [1.165, 1.54) is 0 Å². The maximum atomic E-state index is 10.5. The normalized spacial score (nSPS) is 12.4. The van der Waals surface area contributed by atoms with Gasteiger partial charge in [-0.25, -0.2) is 0 Å². The van der Waals surface area contributed by atoms with Gasteiger partial charge >= 0.3 is 5.97 Å². The number of nitrogen functional groups attached to an aromatic ring is 2. The third-order valence-electron chi connectivity index (χ3n) is 1.99. The zero-order valence-corrected chi connectivity index (χ0v) is 7.60. The minimum atomic E-state index is -1.05. The SMILES string of the molecule is Nc1cccc(CC(N)C(=O)O)c1N. The van der Waals surface area contributed by atoms with Crippen molar-refractivity contribution in [2.75, 3.05) is 11.5 Å². The Bertz CT molecular complexity index is 352. The van der Waals surface area contributed by atoms with E-state index in [0.717, 1.165) is 0 Å². The molecule has 1 atom stereocenters. The molecular formula is C9H13N3O2. The average Bonchev–Trinajstić information content (AvgIpc) is 2.12. The molecule has 0 aliphatic rings. The van der Waals surface area contributed by atoms with Crippen LogP contribution in [0.15, 0.2) is 18.2 Å². The quantitative estimate of drug-likeness (QED) is 0.499. The summed E-state index contributed by atoms with van der Waals surface area (Å²) >= 11 is 0. The molecule has 0 saturated carbocycles. The van der Waals surface area contributed by atoms with Crippen LogP contribution in [0.3, 0.4) is 0 Å². The molecule has 0 spiro atoms. The van der Waals surface area contributed by atoms with Crippen molar-refractivity contribution in [1.82, 2.24) is 0 Å². The number of aliphatic carboxylic acids is 1. The highest BCUT2D eigenvalue weighted by Crippen LogP contribution is 2.20. The fourth-order valence-electron chi connectivity index (χ4n) is 1.14. The van der Waals surface area contributed by atoms with E-state index in [9.17, 15) is 4.79 Å². The first-order chi connectivity index (χ1) is 6.52. The number of rotatable bonds is 3. The maximum absolute atomic E-state index is 10.5. The molecular weight excluding hydrogens is 182 g/mol. The Morgan fingerprint density at radius 1 is 1.43 bits per heavy atom. The van der Waals surface area contributed by atoms with Gasteiger partial charge in [-0.15, -0.1) is 0 Å². The lowest BCUT2D eigenvalue weighted by Crippen LogP contribution is -2.32. The second-order valence-electron chi connectivity index (χ2n) is 3.07. The van der Waals surface area contributed by atoms with Gasteiger partial charge in [0.2, 0.25) is 0 Å². The van der Waals surface area contributed by atoms with Crippen LogP contribution in [0, 0.1) is 0 Å². The third kappa shape index (κ3) is 2.14. The molecule has 0 saturated heterocycles. The van der Waals surface area contributed by atoms with Gasteiger partial charge in [0.05, 0.1) is 11.4 Å². The summed E-state index contributed by atoms with van der Waals surface area (Å²) in [6.45, 7) is 0. The van der Waals surface area contributed by atoms with Crippen LogP contribution in [-0.4, -0.2) is 17.1 Å². The lowest BCUT2D eigenvalue weighted by molar-refractivity contribution is -0.138. The number of carbonyl (C=O) groups is 1. The van der Waals surface area contributed by atoms with Crippen LogP contribution < -0.4 is 17.2 Å². The van der Waals surface area contributed by atoms with E-state index < -0.39 is 12.0 Å². The maximum Gasteiger partial charge on any atom is 0.320 e. The molecule has 0 heterocycles. The van der Waals surface area contributed by atoms with E-state index in [4.69, 9.17) is 22.3 Å². The molecule has 0 amide bonds. The summed E-state index contributed by atoms with van der Waals surface area (Å²) in [6, 6.07) is 4.15. The zero-order valence-electron chi connectivity index (χ0n) is 7.60. The predicted octanol–water partition coefficient (Wildman–Crippen LogP) is -0.195. The minimum absolute atomic E-state index is 0.187.